The van der Waals surface area contributed by atoms with Crippen LogP contribution < -0.4 is 20.7 Å². The Morgan fingerprint density at radius 2 is 1.70 bits per heavy atom. The Hall–Kier alpha value is -4.66. The van der Waals surface area contributed by atoms with E-state index < -0.39 is 6.03 Å². The van der Waals surface area contributed by atoms with Gasteiger partial charge >= 0.3 is 6.03 Å². The van der Waals surface area contributed by atoms with Crippen molar-refractivity contribution >= 4 is 29.0 Å². The zero-order valence-electron chi connectivity index (χ0n) is 18.1. The standard InChI is InChI=1S/C24H22N6O3/c1-16-11-19(9-10-25-16)27-23(31)17-5-3-7-21(12-17)30-15-20(14-26-30)29-24(32)28-18-6-4-8-22(13-18)33-2/h3-15H,1-2H3,(H,25,27,31)(H2,28,29,32). The summed E-state index contributed by atoms with van der Waals surface area (Å²) >= 11 is 0. The molecule has 2 aromatic carbocycles. The first-order valence-electron chi connectivity index (χ1n) is 10.1. The Morgan fingerprint density at radius 3 is 2.52 bits per heavy atom. The number of nitrogens with one attached hydrogen (secondary N) is 3. The highest BCUT2D eigenvalue weighted by atomic mass is 16.5. The minimum absolute atomic E-state index is 0.245. The van der Waals surface area contributed by atoms with Gasteiger partial charge in [0.25, 0.3) is 5.91 Å². The van der Waals surface area contributed by atoms with Crippen LogP contribution in [-0.4, -0.2) is 33.8 Å². The fourth-order valence-corrected chi connectivity index (χ4v) is 3.14. The third-order valence-corrected chi connectivity index (χ3v) is 4.70. The van der Waals surface area contributed by atoms with Crippen molar-refractivity contribution < 1.29 is 14.3 Å². The topological polar surface area (TPSA) is 110 Å². The Labute approximate surface area is 190 Å². The summed E-state index contributed by atoms with van der Waals surface area (Å²) in [4.78, 5) is 29.1. The van der Waals surface area contributed by atoms with E-state index in [1.807, 2.05) is 13.0 Å². The second-order valence-corrected chi connectivity index (χ2v) is 7.18. The Kier molecular flexibility index (Phi) is 6.31. The van der Waals surface area contributed by atoms with Gasteiger partial charge in [-0.1, -0.05) is 12.1 Å². The van der Waals surface area contributed by atoms with Gasteiger partial charge < -0.3 is 20.7 Å². The molecule has 4 rings (SSSR count). The lowest BCUT2D eigenvalue weighted by Gasteiger charge is -2.08. The van der Waals surface area contributed by atoms with Crippen LogP contribution in [0.15, 0.2) is 79.3 Å². The smallest absolute Gasteiger partial charge is 0.323 e. The third kappa shape index (κ3) is 5.53. The molecule has 0 fully saturated rings. The van der Waals surface area contributed by atoms with E-state index >= 15 is 0 Å². The van der Waals surface area contributed by atoms with Crippen molar-refractivity contribution in [3.8, 4) is 11.4 Å². The molecule has 0 saturated carbocycles. The number of hydrogen-bond donors (Lipinski definition) is 3. The lowest BCUT2D eigenvalue weighted by molar-refractivity contribution is 0.102. The summed E-state index contributed by atoms with van der Waals surface area (Å²) in [6.07, 6.45) is 4.83. The summed E-state index contributed by atoms with van der Waals surface area (Å²) < 4.78 is 6.73. The van der Waals surface area contributed by atoms with E-state index in [-0.39, 0.29) is 5.91 Å². The van der Waals surface area contributed by atoms with E-state index in [2.05, 4.69) is 26.0 Å². The maximum absolute atomic E-state index is 12.6. The summed E-state index contributed by atoms with van der Waals surface area (Å²) in [5.74, 6) is 0.397. The van der Waals surface area contributed by atoms with E-state index in [0.717, 1.165) is 5.69 Å². The number of nitrogens with zero attached hydrogens (tertiary/aromatic N) is 3. The summed E-state index contributed by atoms with van der Waals surface area (Å²) in [6.45, 7) is 1.86. The Bertz CT molecular complexity index is 1300. The molecular formula is C24H22N6O3. The van der Waals surface area contributed by atoms with Crippen molar-refractivity contribution in [2.45, 2.75) is 6.92 Å². The molecule has 9 nitrogen and oxygen atoms in total. The minimum Gasteiger partial charge on any atom is -0.497 e. The molecule has 0 saturated heterocycles. The SMILES string of the molecule is COc1cccc(NC(=O)Nc2cnn(-c3cccc(C(=O)Nc4ccnc(C)c4)c3)c2)c1. The number of pyridine rings is 1. The van der Waals surface area contributed by atoms with E-state index in [1.165, 1.54) is 6.20 Å². The van der Waals surface area contributed by atoms with Gasteiger partial charge in [0.15, 0.2) is 0 Å². The van der Waals surface area contributed by atoms with Crippen LogP contribution in [0.4, 0.5) is 21.9 Å². The molecule has 0 spiro atoms. The average molecular weight is 442 g/mol. The fourth-order valence-electron chi connectivity index (χ4n) is 3.14. The van der Waals surface area contributed by atoms with Crippen LogP contribution in [-0.2, 0) is 0 Å². The molecule has 3 amide bonds. The Morgan fingerprint density at radius 1 is 0.909 bits per heavy atom. The molecule has 0 aliphatic rings. The molecule has 2 heterocycles. The zero-order valence-corrected chi connectivity index (χ0v) is 18.1. The van der Waals surface area contributed by atoms with Crippen molar-refractivity contribution in [2.24, 2.45) is 0 Å². The second kappa shape index (κ2) is 9.65. The van der Waals surface area contributed by atoms with Crippen molar-refractivity contribution in [3.63, 3.8) is 0 Å². The molecule has 0 aliphatic carbocycles. The average Bonchev–Trinajstić information content (AvgIpc) is 3.27. The highest BCUT2D eigenvalue weighted by Gasteiger charge is 2.10. The van der Waals surface area contributed by atoms with Crippen LogP contribution in [0.3, 0.4) is 0 Å². The number of benzene rings is 2. The molecule has 0 atom stereocenters. The van der Waals surface area contributed by atoms with E-state index in [9.17, 15) is 9.59 Å². The molecule has 0 radical (unpaired) electrons. The van der Waals surface area contributed by atoms with Gasteiger partial charge in [0.1, 0.15) is 5.75 Å². The van der Waals surface area contributed by atoms with E-state index in [0.29, 0.717) is 34.1 Å². The van der Waals surface area contributed by atoms with Crippen LogP contribution >= 0.6 is 0 Å². The first kappa shape index (κ1) is 21.6. The lowest BCUT2D eigenvalue weighted by atomic mass is 10.2. The van der Waals surface area contributed by atoms with Crippen molar-refractivity contribution in [1.82, 2.24) is 14.8 Å². The molecule has 33 heavy (non-hydrogen) atoms. The van der Waals surface area contributed by atoms with Crippen LogP contribution in [0, 0.1) is 6.92 Å². The lowest BCUT2D eigenvalue weighted by Crippen LogP contribution is -2.19. The number of aryl methyl sites for hydroxylation is 1. The number of urea groups is 1. The molecule has 0 aliphatic heterocycles. The summed E-state index contributed by atoms with van der Waals surface area (Å²) in [7, 11) is 1.56. The van der Waals surface area contributed by atoms with Gasteiger partial charge in [-0.25, -0.2) is 9.48 Å². The number of rotatable bonds is 6. The number of amides is 3. The highest BCUT2D eigenvalue weighted by Crippen LogP contribution is 2.18. The number of aromatic nitrogens is 3. The van der Waals surface area contributed by atoms with Crippen LogP contribution in [0.2, 0.25) is 0 Å². The predicted molar refractivity (Wildman–Crippen MR) is 126 cm³/mol. The molecule has 0 bridgehead atoms. The normalized spacial score (nSPS) is 10.4. The van der Waals surface area contributed by atoms with Gasteiger partial charge in [-0.05, 0) is 49.4 Å². The molecule has 166 valence electrons. The van der Waals surface area contributed by atoms with Gasteiger partial charge in [0.2, 0.25) is 0 Å². The number of carbonyl (C=O) groups is 2. The van der Waals surface area contributed by atoms with Gasteiger partial charge in [-0.15, -0.1) is 0 Å². The van der Waals surface area contributed by atoms with Gasteiger partial charge in [0, 0.05) is 34.9 Å². The molecule has 9 heteroatoms. The molecular weight excluding hydrogens is 420 g/mol. The zero-order chi connectivity index (χ0) is 23.2. The molecule has 3 N–H and O–H groups in total. The first-order valence-corrected chi connectivity index (χ1v) is 10.1. The van der Waals surface area contributed by atoms with Gasteiger partial charge in [0.05, 0.1) is 30.9 Å². The summed E-state index contributed by atoms with van der Waals surface area (Å²) in [5, 5.41) is 12.6. The number of ether oxygens (including phenoxy) is 1. The highest BCUT2D eigenvalue weighted by molar-refractivity contribution is 6.04. The quantitative estimate of drug-likeness (QED) is 0.408. The van der Waals surface area contributed by atoms with Gasteiger partial charge in [-0.2, -0.15) is 5.10 Å². The first-order chi connectivity index (χ1) is 16.0. The van der Waals surface area contributed by atoms with Gasteiger partial charge in [-0.3, -0.25) is 9.78 Å². The van der Waals surface area contributed by atoms with Crippen LogP contribution in [0.1, 0.15) is 16.1 Å². The Balaban J connectivity index is 1.42. The number of hydrogen-bond acceptors (Lipinski definition) is 5. The van der Waals surface area contributed by atoms with Crippen molar-refractivity contribution in [1.29, 1.82) is 0 Å². The molecule has 0 unspecified atom stereocenters. The fraction of sp³-hybridized carbons (Fsp3) is 0.0833. The van der Waals surface area contributed by atoms with E-state index in [1.54, 1.807) is 78.8 Å². The molecule has 2 aromatic heterocycles. The monoisotopic (exact) mass is 442 g/mol. The largest absolute Gasteiger partial charge is 0.497 e. The molecule has 4 aromatic rings. The van der Waals surface area contributed by atoms with Crippen molar-refractivity contribution in [3.05, 3.63) is 90.5 Å². The minimum atomic E-state index is -0.413. The number of methoxy groups -OCH3 is 1. The van der Waals surface area contributed by atoms with Crippen molar-refractivity contribution in [2.75, 3.05) is 23.1 Å². The third-order valence-electron chi connectivity index (χ3n) is 4.70. The predicted octanol–water partition coefficient (Wildman–Crippen LogP) is 4.48. The maximum Gasteiger partial charge on any atom is 0.323 e. The maximum atomic E-state index is 12.6. The number of anilines is 3. The van der Waals surface area contributed by atoms with Crippen LogP contribution in [0.25, 0.3) is 5.69 Å². The van der Waals surface area contributed by atoms with Crippen LogP contribution in [0.5, 0.6) is 5.75 Å². The summed E-state index contributed by atoms with van der Waals surface area (Å²) in [5.41, 5.74) is 3.73. The summed E-state index contributed by atoms with van der Waals surface area (Å²) in [6, 6.07) is 17.2. The number of carbonyl (C=O) groups excluding carboxylic acids is 2. The van der Waals surface area contributed by atoms with E-state index in [4.69, 9.17) is 4.74 Å². The second-order valence-electron chi connectivity index (χ2n) is 7.18.